The molecule has 2 amide bonds. The van der Waals surface area contributed by atoms with Crippen LogP contribution in [-0.2, 0) is 0 Å². The number of aromatic nitrogens is 3. The van der Waals surface area contributed by atoms with Crippen LogP contribution in [0.15, 0.2) is 36.2 Å². The first-order valence-corrected chi connectivity index (χ1v) is 11.1. The van der Waals surface area contributed by atoms with Crippen LogP contribution in [0.2, 0.25) is 0 Å². The Kier molecular flexibility index (Phi) is 4.56. The van der Waals surface area contributed by atoms with Crippen molar-refractivity contribution >= 4 is 54.9 Å². The number of amides is 2. The molecule has 1 aliphatic carbocycles. The van der Waals surface area contributed by atoms with Gasteiger partial charge in [0.1, 0.15) is 12.0 Å². The smallest absolute Gasteiger partial charge is 0.261 e. The van der Waals surface area contributed by atoms with Crippen LogP contribution >= 0.6 is 22.7 Å². The Morgan fingerprint density at radius 1 is 1.24 bits per heavy atom. The average Bonchev–Trinajstić information content (AvgIpc) is 3.07. The highest BCUT2D eigenvalue weighted by Gasteiger charge is 2.42. The fraction of sp³-hybridized carbons (Fsp3) is 0.300. The number of carbonyl (C=O) groups excluding carboxylic acids is 2. The molecule has 9 heteroatoms. The van der Waals surface area contributed by atoms with Crippen LogP contribution in [0.25, 0.3) is 20.4 Å². The minimum absolute atomic E-state index is 0.0166. The van der Waals surface area contributed by atoms with Gasteiger partial charge in [-0.3, -0.25) is 9.59 Å². The van der Waals surface area contributed by atoms with E-state index in [-0.39, 0.29) is 17.2 Å². The van der Waals surface area contributed by atoms with Gasteiger partial charge >= 0.3 is 0 Å². The number of hydrogen-bond acceptors (Lipinski definition) is 6. The van der Waals surface area contributed by atoms with Crippen molar-refractivity contribution in [2.45, 2.75) is 19.3 Å². The van der Waals surface area contributed by atoms with Gasteiger partial charge in [0.05, 0.1) is 14.5 Å². The van der Waals surface area contributed by atoms with Crippen molar-refractivity contribution in [1.82, 2.24) is 25.6 Å². The van der Waals surface area contributed by atoms with E-state index in [4.69, 9.17) is 0 Å². The third kappa shape index (κ3) is 3.63. The SMILES string of the molecule is O=C(NCCC1(CNC(=O)c2c[nH]c3ncncc23)CC1)c1cc2ccsc2s1. The summed E-state index contributed by atoms with van der Waals surface area (Å²) in [5.74, 6) is -0.142. The fourth-order valence-corrected chi connectivity index (χ4v) is 5.53. The maximum atomic E-state index is 12.6. The number of aromatic amines is 1. The molecule has 29 heavy (non-hydrogen) atoms. The molecular weight excluding hydrogens is 406 g/mol. The molecule has 0 aromatic carbocycles. The van der Waals surface area contributed by atoms with Gasteiger partial charge in [0.25, 0.3) is 11.8 Å². The zero-order chi connectivity index (χ0) is 19.8. The van der Waals surface area contributed by atoms with Crippen LogP contribution in [-0.4, -0.2) is 39.9 Å². The number of nitrogens with one attached hydrogen (secondary N) is 3. The Balaban J connectivity index is 1.13. The quantitative estimate of drug-likeness (QED) is 0.421. The number of carbonyl (C=O) groups is 2. The minimum atomic E-state index is -0.125. The summed E-state index contributed by atoms with van der Waals surface area (Å²) in [6, 6.07) is 3.98. The Morgan fingerprint density at radius 3 is 2.97 bits per heavy atom. The highest BCUT2D eigenvalue weighted by Crippen LogP contribution is 2.48. The van der Waals surface area contributed by atoms with Crippen molar-refractivity contribution < 1.29 is 9.59 Å². The molecule has 0 saturated heterocycles. The van der Waals surface area contributed by atoms with Crippen molar-refractivity contribution in [2.24, 2.45) is 5.41 Å². The lowest BCUT2D eigenvalue weighted by Crippen LogP contribution is -2.33. The summed E-state index contributed by atoms with van der Waals surface area (Å²) in [5.41, 5.74) is 1.30. The summed E-state index contributed by atoms with van der Waals surface area (Å²) in [7, 11) is 0. The molecule has 0 radical (unpaired) electrons. The third-order valence-corrected chi connectivity index (χ3v) is 7.70. The first kappa shape index (κ1) is 18.3. The van der Waals surface area contributed by atoms with E-state index in [9.17, 15) is 9.59 Å². The first-order chi connectivity index (χ1) is 14.1. The summed E-state index contributed by atoms with van der Waals surface area (Å²) >= 11 is 3.20. The monoisotopic (exact) mass is 425 g/mol. The highest BCUT2D eigenvalue weighted by atomic mass is 32.2. The number of hydrogen-bond donors (Lipinski definition) is 3. The molecule has 4 aromatic rings. The average molecular weight is 426 g/mol. The van der Waals surface area contributed by atoms with Crippen molar-refractivity contribution in [2.75, 3.05) is 13.1 Å². The molecule has 1 aliphatic rings. The van der Waals surface area contributed by atoms with Crippen LogP contribution in [0.3, 0.4) is 0 Å². The van der Waals surface area contributed by atoms with Gasteiger partial charge in [-0.05, 0) is 42.2 Å². The van der Waals surface area contributed by atoms with E-state index in [1.54, 1.807) is 23.7 Å². The number of nitrogens with zero attached hydrogens (tertiary/aromatic N) is 2. The Labute approximate surface area is 174 Å². The first-order valence-electron chi connectivity index (χ1n) is 9.44. The molecule has 3 N–H and O–H groups in total. The van der Waals surface area contributed by atoms with Gasteiger partial charge in [-0.25, -0.2) is 9.97 Å². The summed E-state index contributed by atoms with van der Waals surface area (Å²) in [4.78, 5) is 36.8. The standard InChI is InChI=1S/C20H19N5O2S2/c26-17(14-9-23-16-13(14)8-21-11-25-16)24-10-20(2-3-20)4-5-22-18(27)15-7-12-1-6-28-19(12)29-15/h1,6-9,11H,2-5,10H2,(H,22,27)(H,24,26)(H,21,23,25). The van der Waals surface area contributed by atoms with Gasteiger partial charge in [0.2, 0.25) is 0 Å². The number of thiophene rings is 2. The van der Waals surface area contributed by atoms with Crippen molar-refractivity contribution in [3.63, 3.8) is 0 Å². The number of fused-ring (bicyclic) bond motifs is 2. The maximum Gasteiger partial charge on any atom is 0.261 e. The van der Waals surface area contributed by atoms with E-state index in [1.807, 2.05) is 17.5 Å². The molecular formula is C20H19N5O2S2. The lowest BCUT2D eigenvalue weighted by Gasteiger charge is -2.16. The number of H-pyrrole nitrogens is 1. The maximum absolute atomic E-state index is 12.6. The van der Waals surface area contributed by atoms with E-state index in [1.165, 1.54) is 21.7 Å². The van der Waals surface area contributed by atoms with Gasteiger partial charge < -0.3 is 15.6 Å². The van der Waals surface area contributed by atoms with Crippen LogP contribution in [0, 0.1) is 5.41 Å². The molecule has 4 heterocycles. The molecule has 1 saturated carbocycles. The molecule has 4 aromatic heterocycles. The van der Waals surface area contributed by atoms with E-state index < -0.39 is 0 Å². The van der Waals surface area contributed by atoms with Gasteiger partial charge in [0.15, 0.2) is 0 Å². The molecule has 0 spiro atoms. The summed E-state index contributed by atoms with van der Waals surface area (Å²) in [6.45, 7) is 1.22. The van der Waals surface area contributed by atoms with Crippen LogP contribution in [0.4, 0.5) is 0 Å². The van der Waals surface area contributed by atoms with Crippen LogP contribution in [0.5, 0.6) is 0 Å². The van der Waals surface area contributed by atoms with Crippen molar-refractivity contribution in [3.8, 4) is 0 Å². The molecule has 1 fully saturated rings. The molecule has 0 atom stereocenters. The molecule has 5 rings (SSSR count). The molecule has 7 nitrogen and oxygen atoms in total. The van der Waals surface area contributed by atoms with Crippen LogP contribution in [0.1, 0.15) is 39.3 Å². The Bertz CT molecular complexity index is 1180. The molecule has 0 unspecified atom stereocenters. The van der Waals surface area contributed by atoms with Gasteiger partial charge in [-0.1, -0.05) is 0 Å². The van der Waals surface area contributed by atoms with E-state index >= 15 is 0 Å². The third-order valence-electron chi connectivity index (χ3n) is 5.49. The number of rotatable bonds is 7. The zero-order valence-corrected chi connectivity index (χ0v) is 17.2. The van der Waals surface area contributed by atoms with Crippen molar-refractivity contribution in [1.29, 1.82) is 0 Å². The largest absolute Gasteiger partial charge is 0.351 e. The van der Waals surface area contributed by atoms with Gasteiger partial charge in [-0.15, -0.1) is 22.7 Å². The Morgan fingerprint density at radius 2 is 2.14 bits per heavy atom. The van der Waals surface area contributed by atoms with E-state index in [2.05, 4.69) is 25.6 Å². The molecule has 0 bridgehead atoms. The Hall–Kier alpha value is -2.78. The van der Waals surface area contributed by atoms with E-state index in [0.29, 0.717) is 24.3 Å². The predicted molar refractivity (Wildman–Crippen MR) is 115 cm³/mol. The van der Waals surface area contributed by atoms with Crippen LogP contribution < -0.4 is 10.6 Å². The summed E-state index contributed by atoms with van der Waals surface area (Å²) < 4.78 is 1.18. The zero-order valence-electron chi connectivity index (χ0n) is 15.5. The molecule has 148 valence electrons. The summed E-state index contributed by atoms with van der Waals surface area (Å²) in [5, 5.41) is 9.96. The summed E-state index contributed by atoms with van der Waals surface area (Å²) in [6.07, 6.45) is 7.75. The second-order valence-electron chi connectivity index (χ2n) is 7.45. The fourth-order valence-electron chi connectivity index (χ4n) is 3.51. The predicted octanol–water partition coefficient (Wildman–Crippen LogP) is 3.56. The van der Waals surface area contributed by atoms with E-state index in [0.717, 1.165) is 34.9 Å². The molecule has 0 aliphatic heterocycles. The lowest BCUT2D eigenvalue weighted by atomic mass is 10.0. The van der Waals surface area contributed by atoms with Crippen molar-refractivity contribution in [3.05, 3.63) is 46.7 Å². The second-order valence-corrected chi connectivity index (χ2v) is 9.68. The van der Waals surface area contributed by atoms with Gasteiger partial charge in [-0.2, -0.15) is 0 Å². The highest BCUT2D eigenvalue weighted by molar-refractivity contribution is 7.38. The second kappa shape index (κ2) is 7.23. The lowest BCUT2D eigenvalue weighted by molar-refractivity contribution is 0.0932. The minimum Gasteiger partial charge on any atom is -0.351 e. The topological polar surface area (TPSA) is 99.8 Å². The normalized spacial score (nSPS) is 14.9. The van der Waals surface area contributed by atoms with Gasteiger partial charge in [0, 0.05) is 36.3 Å².